The van der Waals surface area contributed by atoms with Crippen LogP contribution < -0.4 is 14.8 Å². The molecule has 0 aliphatic carbocycles. The van der Waals surface area contributed by atoms with E-state index in [1.54, 1.807) is 20.5 Å². The van der Waals surface area contributed by atoms with Crippen LogP contribution in [0.5, 0.6) is 11.5 Å². The van der Waals surface area contributed by atoms with Crippen molar-refractivity contribution in [3.05, 3.63) is 90.4 Å². The third-order valence-corrected chi connectivity index (χ3v) is 6.56. The number of hydrogen-bond acceptors (Lipinski definition) is 4. The van der Waals surface area contributed by atoms with Crippen LogP contribution in [0.25, 0.3) is 21.9 Å². The van der Waals surface area contributed by atoms with Gasteiger partial charge in [-0.3, -0.25) is 4.79 Å². The molecular weight excluding hydrogens is 440 g/mol. The summed E-state index contributed by atoms with van der Waals surface area (Å²) in [5, 5.41) is 4.28. The number of para-hydroxylation sites is 4. The number of fused-ring (bicyclic) bond motifs is 2. The largest absolute Gasteiger partial charge is 0.493 e. The molecule has 3 aromatic carbocycles. The Hall–Kier alpha value is -4.26. The lowest BCUT2D eigenvalue weighted by atomic mass is 9.89. The second-order valence-electron chi connectivity index (χ2n) is 8.49. The molecule has 0 spiro atoms. The number of ether oxygens (including phenoxy) is 2. The highest BCUT2D eigenvalue weighted by Crippen LogP contribution is 2.40. The van der Waals surface area contributed by atoms with Crippen molar-refractivity contribution in [3.8, 4) is 11.5 Å². The minimum Gasteiger partial charge on any atom is -0.493 e. The van der Waals surface area contributed by atoms with E-state index >= 15 is 0 Å². The monoisotopic (exact) mass is 468 g/mol. The van der Waals surface area contributed by atoms with Crippen LogP contribution in [-0.2, 0) is 4.79 Å². The lowest BCUT2D eigenvalue weighted by Gasteiger charge is -2.23. The Kier molecular flexibility index (Phi) is 6.14. The number of nitrogens with zero attached hydrogens (tertiary/aromatic N) is 2. The molecule has 2 atom stereocenters. The molecule has 2 aromatic heterocycles. The molecular formula is C28H28N4O3. The zero-order valence-electron chi connectivity index (χ0n) is 20.0. The first-order chi connectivity index (χ1) is 17.1. The summed E-state index contributed by atoms with van der Waals surface area (Å²) in [6.07, 6.45) is 3.73. The number of amides is 1. The van der Waals surface area contributed by atoms with Gasteiger partial charge in [0.2, 0.25) is 5.91 Å². The lowest BCUT2D eigenvalue weighted by molar-refractivity contribution is -0.123. The first-order valence-electron chi connectivity index (χ1n) is 11.6. The Labute approximate surface area is 203 Å². The molecule has 0 aliphatic rings. The van der Waals surface area contributed by atoms with E-state index < -0.39 is 6.04 Å². The van der Waals surface area contributed by atoms with Crippen molar-refractivity contribution in [2.45, 2.75) is 18.9 Å². The van der Waals surface area contributed by atoms with Gasteiger partial charge in [-0.1, -0.05) is 42.5 Å². The Morgan fingerprint density at radius 2 is 1.80 bits per heavy atom. The maximum absolute atomic E-state index is 13.3. The summed E-state index contributed by atoms with van der Waals surface area (Å²) in [5.74, 6) is 1.07. The van der Waals surface area contributed by atoms with Gasteiger partial charge in [-0.25, -0.2) is 4.98 Å². The number of imidazole rings is 1. The first-order valence-corrected chi connectivity index (χ1v) is 11.6. The third-order valence-electron chi connectivity index (χ3n) is 6.56. The molecule has 2 unspecified atom stereocenters. The number of rotatable bonds is 8. The van der Waals surface area contributed by atoms with Gasteiger partial charge in [0.05, 0.1) is 31.6 Å². The van der Waals surface area contributed by atoms with Crippen molar-refractivity contribution in [1.82, 2.24) is 19.9 Å². The molecule has 0 saturated carbocycles. The highest BCUT2D eigenvalue weighted by atomic mass is 16.5. The molecule has 178 valence electrons. The highest BCUT2D eigenvalue weighted by Gasteiger charge is 2.25. The van der Waals surface area contributed by atoms with Crippen LogP contribution in [0.4, 0.5) is 0 Å². The van der Waals surface area contributed by atoms with E-state index in [4.69, 9.17) is 9.47 Å². The summed E-state index contributed by atoms with van der Waals surface area (Å²) in [7, 11) is 3.26. The van der Waals surface area contributed by atoms with Gasteiger partial charge in [-0.15, -0.1) is 0 Å². The van der Waals surface area contributed by atoms with Crippen molar-refractivity contribution in [1.29, 1.82) is 0 Å². The summed E-state index contributed by atoms with van der Waals surface area (Å²) in [4.78, 5) is 21.1. The number of hydrogen-bond donors (Lipinski definition) is 2. The van der Waals surface area contributed by atoms with E-state index in [-0.39, 0.29) is 11.8 Å². The van der Waals surface area contributed by atoms with E-state index in [1.807, 2.05) is 78.4 Å². The number of H-pyrrole nitrogens is 1. The predicted octanol–water partition coefficient (Wildman–Crippen LogP) is 5.04. The van der Waals surface area contributed by atoms with Crippen molar-refractivity contribution in [2.24, 2.45) is 0 Å². The van der Waals surface area contributed by atoms with Crippen LogP contribution in [0, 0.1) is 0 Å². The normalized spacial score (nSPS) is 13.0. The third kappa shape index (κ3) is 4.10. The number of carbonyl (C=O) groups excluding carboxylic acids is 1. The minimum atomic E-state index is -0.418. The van der Waals surface area contributed by atoms with E-state index in [0.717, 1.165) is 33.1 Å². The lowest BCUT2D eigenvalue weighted by Crippen LogP contribution is -2.34. The Morgan fingerprint density at radius 3 is 2.63 bits per heavy atom. The molecule has 0 radical (unpaired) electrons. The molecule has 7 nitrogen and oxygen atoms in total. The van der Waals surface area contributed by atoms with Crippen molar-refractivity contribution < 1.29 is 14.3 Å². The average Bonchev–Trinajstić information content (AvgIpc) is 3.53. The van der Waals surface area contributed by atoms with Crippen LogP contribution in [0.2, 0.25) is 0 Å². The van der Waals surface area contributed by atoms with E-state index in [0.29, 0.717) is 18.0 Å². The van der Waals surface area contributed by atoms with Crippen LogP contribution in [0.15, 0.2) is 79.3 Å². The molecule has 0 aliphatic heterocycles. The first kappa shape index (κ1) is 22.5. The fourth-order valence-electron chi connectivity index (χ4n) is 4.72. The Bertz CT molecular complexity index is 1490. The zero-order chi connectivity index (χ0) is 24.4. The Balaban J connectivity index is 1.49. The molecule has 2 heterocycles. The molecule has 2 N–H and O–H groups in total. The second kappa shape index (κ2) is 9.54. The zero-order valence-corrected chi connectivity index (χ0v) is 20.0. The molecule has 0 bridgehead atoms. The van der Waals surface area contributed by atoms with Gasteiger partial charge in [-0.05, 0) is 36.8 Å². The second-order valence-corrected chi connectivity index (χ2v) is 8.49. The highest BCUT2D eigenvalue weighted by molar-refractivity contribution is 5.86. The quantitative estimate of drug-likeness (QED) is 0.334. The van der Waals surface area contributed by atoms with Gasteiger partial charge >= 0.3 is 0 Å². The molecule has 5 aromatic rings. The Morgan fingerprint density at radius 1 is 1.00 bits per heavy atom. The maximum Gasteiger partial charge on any atom is 0.242 e. The minimum absolute atomic E-state index is 0.0835. The van der Waals surface area contributed by atoms with Gasteiger partial charge in [0.15, 0.2) is 11.5 Å². The fraction of sp³-hybridized carbons (Fsp3) is 0.214. The topological polar surface area (TPSA) is 81.2 Å². The summed E-state index contributed by atoms with van der Waals surface area (Å²) in [6, 6.07) is 21.4. The van der Waals surface area contributed by atoms with Crippen molar-refractivity contribution >= 4 is 27.8 Å². The fourth-order valence-corrected chi connectivity index (χ4v) is 4.72. The summed E-state index contributed by atoms with van der Waals surface area (Å²) in [5.41, 5.74) is 4.85. The molecule has 0 fully saturated rings. The number of methoxy groups -OCH3 is 2. The van der Waals surface area contributed by atoms with Crippen LogP contribution in [0.1, 0.15) is 30.0 Å². The maximum atomic E-state index is 13.3. The number of nitrogens with one attached hydrogen (secondary N) is 2. The van der Waals surface area contributed by atoms with Crippen molar-refractivity contribution in [2.75, 3.05) is 20.8 Å². The smallest absolute Gasteiger partial charge is 0.242 e. The van der Waals surface area contributed by atoms with Crippen LogP contribution in [-0.4, -0.2) is 41.2 Å². The van der Waals surface area contributed by atoms with E-state index in [2.05, 4.69) is 21.4 Å². The van der Waals surface area contributed by atoms with E-state index in [1.165, 1.54) is 0 Å². The SMILES string of the molecule is COc1cccc(C(CNC(=O)C(C)n2cnc3ccccc32)c2c[nH]c3ccccc23)c1OC. The summed E-state index contributed by atoms with van der Waals surface area (Å²) >= 11 is 0. The standard InChI is InChI=1S/C28H28N4O3/c1-18(32-17-31-24-12-6-7-13-25(24)32)28(33)30-16-22(20-10-8-14-26(34-2)27(20)35-3)21-15-29-23-11-5-4-9-19(21)23/h4-15,17-18,22,29H,16H2,1-3H3,(H,30,33). The summed E-state index contributed by atoms with van der Waals surface area (Å²) < 4.78 is 13.2. The average molecular weight is 469 g/mol. The number of aromatic amines is 1. The molecule has 7 heteroatoms. The molecule has 0 saturated heterocycles. The molecule has 1 amide bonds. The molecule has 5 rings (SSSR count). The van der Waals surface area contributed by atoms with Crippen LogP contribution >= 0.6 is 0 Å². The predicted molar refractivity (Wildman–Crippen MR) is 137 cm³/mol. The number of aromatic nitrogens is 3. The van der Waals surface area contributed by atoms with E-state index in [9.17, 15) is 4.79 Å². The number of carbonyl (C=O) groups is 1. The van der Waals surface area contributed by atoms with Gasteiger partial charge in [-0.2, -0.15) is 0 Å². The van der Waals surface area contributed by atoms with Gasteiger partial charge in [0.1, 0.15) is 6.04 Å². The number of benzene rings is 3. The van der Waals surface area contributed by atoms with Gasteiger partial charge in [0.25, 0.3) is 0 Å². The molecule has 35 heavy (non-hydrogen) atoms. The summed E-state index contributed by atoms with van der Waals surface area (Å²) in [6.45, 7) is 2.28. The van der Waals surface area contributed by atoms with Crippen molar-refractivity contribution in [3.63, 3.8) is 0 Å². The van der Waals surface area contributed by atoms with Crippen LogP contribution in [0.3, 0.4) is 0 Å². The van der Waals surface area contributed by atoms with Gasteiger partial charge < -0.3 is 24.3 Å². The van der Waals surface area contributed by atoms with Gasteiger partial charge in [0, 0.05) is 35.1 Å².